The van der Waals surface area contributed by atoms with Crippen molar-refractivity contribution in [2.45, 2.75) is 13.8 Å². The molecule has 2 rings (SSSR count). The molecule has 0 fully saturated rings. The van der Waals surface area contributed by atoms with Crippen molar-refractivity contribution in [1.29, 1.82) is 0 Å². The average Bonchev–Trinajstić information content (AvgIpc) is 2.49. The first-order valence-electron chi connectivity index (χ1n) is 6.72. The van der Waals surface area contributed by atoms with Crippen molar-refractivity contribution in [1.82, 2.24) is 0 Å². The molecule has 0 spiro atoms. The van der Waals surface area contributed by atoms with Crippen molar-refractivity contribution in [3.05, 3.63) is 47.1 Å². The van der Waals surface area contributed by atoms with Gasteiger partial charge in [-0.05, 0) is 55.3 Å². The minimum Gasteiger partial charge on any atom is -0.493 e. The van der Waals surface area contributed by atoms with Gasteiger partial charge in [-0.1, -0.05) is 0 Å². The van der Waals surface area contributed by atoms with E-state index in [2.05, 4.69) is 4.99 Å². The summed E-state index contributed by atoms with van der Waals surface area (Å²) >= 11 is 0. The highest BCUT2D eigenvalue weighted by atomic mass is 16.5. The number of carbonyl (C=O) groups excluding carboxylic acids is 2. The molecule has 0 N–H and O–H groups in total. The Bertz CT molecular complexity index is 702. The van der Waals surface area contributed by atoms with Crippen LogP contribution in [-0.4, -0.2) is 31.6 Å². The van der Waals surface area contributed by atoms with Crippen LogP contribution in [0.2, 0.25) is 0 Å². The van der Waals surface area contributed by atoms with Crippen molar-refractivity contribution < 1.29 is 19.1 Å². The Hall–Kier alpha value is -2.69. The maximum Gasteiger partial charge on any atom is 0.277 e. The average molecular weight is 299 g/mol. The molecular formula is C17H17NO4. The normalized spacial score (nSPS) is 14.2. The van der Waals surface area contributed by atoms with Gasteiger partial charge >= 0.3 is 0 Å². The SMILES string of the molecule is COc1ccc(C(=O)N=C2C(C)=CC(=O)C=C2C)cc1OC. The van der Waals surface area contributed by atoms with E-state index in [-0.39, 0.29) is 5.78 Å². The molecule has 1 aliphatic carbocycles. The summed E-state index contributed by atoms with van der Waals surface area (Å²) in [6, 6.07) is 4.86. The number of hydrogen-bond acceptors (Lipinski definition) is 4. The Labute approximate surface area is 129 Å². The van der Waals surface area contributed by atoms with Gasteiger partial charge in [0.15, 0.2) is 17.3 Å². The van der Waals surface area contributed by atoms with E-state index in [0.717, 1.165) is 0 Å². The van der Waals surface area contributed by atoms with Crippen LogP contribution in [0, 0.1) is 0 Å². The lowest BCUT2D eigenvalue weighted by atomic mass is 9.97. The molecule has 0 saturated heterocycles. The molecule has 0 aromatic heterocycles. The van der Waals surface area contributed by atoms with Crippen LogP contribution < -0.4 is 9.47 Å². The molecule has 22 heavy (non-hydrogen) atoms. The summed E-state index contributed by atoms with van der Waals surface area (Å²) in [4.78, 5) is 27.9. The van der Waals surface area contributed by atoms with Gasteiger partial charge in [0.25, 0.3) is 5.91 Å². The number of allylic oxidation sites excluding steroid dienone is 4. The number of aliphatic imine (C=N–C) groups is 1. The highest BCUT2D eigenvalue weighted by Crippen LogP contribution is 2.28. The first kappa shape index (κ1) is 15.7. The zero-order valence-electron chi connectivity index (χ0n) is 13.0. The van der Waals surface area contributed by atoms with Gasteiger partial charge in [-0.2, -0.15) is 0 Å². The van der Waals surface area contributed by atoms with Crippen LogP contribution in [0.25, 0.3) is 0 Å². The lowest BCUT2D eigenvalue weighted by molar-refractivity contribution is -0.110. The van der Waals surface area contributed by atoms with Gasteiger partial charge in [0.2, 0.25) is 0 Å². The predicted molar refractivity (Wildman–Crippen MR) is 83.8 cm³/mol. The van der Waals surface area contributed by atoms with Crippen LogP contribution in [0.3, 0.4) is 0 Å². The molecule has 114 valence electrons. The minimum absolute atomic E-state index is 0.0903. The summed E-state index contributed by atoms with van der Waals surface area (Å²) in [6.07, 6.45) is 2.93. The Kier molecular flexibility index (Phi) is 4.56. The van der Waals surface area contributed by atoms with E-state index in [1.165, 1.54) is 26.4 Å². The van der Waals surface area contributed by atoms with Crippen molar-refractivity contribution in [3.63, 3.8) is 0 Å². The molecule has 1 amide bonds. The summed E-state index contributed by atoms with van der Waals surface area (Å²) in [5, 5.41) is 0. The summed E-state index contributed by atoms with van der Waals surface area (Å²) in [5.74, 6) is 0.521. The van der Waals surface area contributed by atoms with Crippen LogP contribution in [-0.2, 0) is 4.79 Å². The van der Waals surface area contributed by atoms with Crippen LogP contribution in [0.1, 0.15) is 24.2 Å². The van der Waals surface area contributed by atoms with Crippen molar-refractivity contribution in [2.24, 2.45) is 4.99 Å². The highest BCUT2D eigenvalue weighted by Gasteiger charge is 2.16. The first-order valence-corrected chi connectivity index (χ1v) is 6.72. The van der Waals surface area contributed by atoms with Gasteiger partial charge in [-0.3, -0.25) is 9.59 Å². The number of amides is 1. The lowest BCUT2D eigenvalue weighted by Gasteiger charge is -2.11. The summed E-state index contributed by atoms with van der Waals surface area (Å²) < 4.78 is 10.3. The Morgan fingerprint density at radius 3 is 2.14 bits per heavy atom. The van der Waals surface area contributed by atoms with Gasteiger partial charge in [-0.15, -0.1) is 0 Å². The molecule has 0 heterocycles. The number of hydrogen-bond donors (Lipinski definition) is 0. The van der Waals surface area contributed by atoms with Crippen LogP contribution >= 0.6 is 0 Å². The second-order valence-electron chi connectivity index (χ2n) is 4.89. The molecule has 0 unspecified atom stereocenters. The fourth-order valence-electron chi connectivity index (χ4n) is 2.23. The van der Waals surface area contributed by atoms with Gasteiger partial charge < -0.3 is 9.47 Å². The topological polar surface area (TPSA) is 65.0 Å². The van der Waals surface area contributed by atoms with Crippen LogP contribution in [0.15, 0.2) is 46.5 Å². The zero-order valence-corrected chi connectivity index (χ0v) is 13.0. The minimum atomic E-state index is -0.397. The molecule has 0 radical (unpaired) electrons. The molecular weight excluding hydrogens is 282 g/mol. The highest BCUT2D eigenvalue weighted by molar-refractivity contribution is 6.25. The molecule has 1 aromatic carbocycles. The van der Waals surface area contributed by atoms with E-state index in [4.69, 9.17) is 9.47 Å². The molecule has 0 aliphatic heterocycles. The van der Waals surface area contributed by atoms with Crippen molar-refractivity contribution in [2.75, 3.05) is 14.2 Å². The van der Waals surface area contributed by atoms with Gasteiger partial charge in [0, 0.05) is 5.56 Å². The second-order valence-corrected chi connectivity index (χ2v) is 4.89. The van der Waals surface area contributed by atoms with Gasteiger partial charge in [-0.25, -0.2) is 4.99 Å². The Morgan fingerprint density at radius 1 is 1.00 bits per heavy atom. The number of benzene rings is 1. The summed E-state index contributed by atoms with van der Waals surface area (Å²) in [5.41, 5.74) is 2.28. The standard InChI is InChI=1S/C17H17NO4/c1-10-7-13(19)8-11(2)16(10)18-17(20)12-5-6-14(21-3)15(9-12)22-4/h5-9H,1-4H3. The quantitative estimate of drug-likeness (QED) is 0.805. The van der Waals surface area contributed by atoms with Crippen LogP contribution in [0.4, 0.5) is 0 Å². The molecule has 0 atom stereocenters. The monoisotopic (exact) mass is 299 g/mol. The van der Waals surface area contributed by atoms with E-state index in [1.54, 1.807) is 32.0 Å². The predicted octanol–water partition coefficient (Wildman–Crippen LogP) is 2.76. The number of rotatable bonds is 3. The number of carbonyl (C=O) groups is 2. The summed E-state index contributed by atoms with van der Waals surface area (Å²) in [7, 11) is 3.03. The third-order valence-corrected chi connectivity index (χ3v) is 3.31. The Balaban J connectivity index is 2.37. The number of nitrogens with zero attached hydrogens (tertiary/aromatic N) is 1. The lowest BCUT2D eigenvalue weighted by Crippen LogP contribution is -2.13. The van der Waals surface area contributed by atoms with Crippen molar-refractivity contribution in [3.8, 4) is 11.5 Å². The number of ether oxygens (including phenoxy) is 2. The van der Waals surface area contributed by atoms with Gasteiger partial charge in [0.1, 0.15) is 0 Å². The fourth-order valence-corrected chi connectivity index (χ4v) is 2.23. The van der Waals surface area contributed by atoms with E-state index < -0.39 is 5.91 Å². The first-order chi connectivity index (χ1) is 10.5. The summed E-state index contributed by atoms with van der Waals surface area (Å²) in [6.45, 7) is 3.52. The molecule has 5 nitrogen and oxygen atoms in total. The molecule has 1 aliphatic rings. The number of methoxy groups -OCH3 is 2. The third-order valence-electron chi connectivity index (χ3n) is 3.31. The van der Waals surface area contributed by atoms with Gasteiger partial charge in [0.05, 0.1) is 19.9 Å². The zero-order chi connectivity index (χ0) is 16.3. The van der Waals surface area contributed by atoms with E-state index in [0.29, 0.717) is 33.9 Å². The maximum atomic E-state index is 12.3. The Morgan fingerprint density at radius 2 is 1.59 bits per heavy atom. The van der Waals surface area contributed by atoms with E-state index in [1.807, 2.05) is 0 Å². The third kappa shape index (κ3) is 3.14. The number of ketones is 1. The largest absolute Gasteiger partial charge is 0.493 e. The molecule has 5 heteroatoms. The van der Waals surface area contributed by atoms with E-state index in [9.17, 15) is 9.59 Å². The molecule has 0 saturated carbocycles. The smallest absolute Gasteiger partial charge is 0.277 e. The maximum absolute atomic E-state index is 12.3. The molecule has 1 aromatic rings. The van der Waals surface area contributed by atoms with E-state index >= 15 is 0 Å². The second kappa shape index (κ2) is 6.39. The van der Waals surface area contributed by atoms with Crippen LogP contribution in [0.5, 0.6) is 11.5 Å². The molecule has 0 bridgehead atoms. The van der Waals surface area contributed by atoms with Crippen molar-refractivity contribution >= 4 is 17.4 Å². The fraction of sp³-hybridized carbons (Fsp3) is 0.235.